The summed E-state index contributed by atoms with van der Waals surface area (Å²) in [4.78, 5) is 61.2. The third-order valence-electron chi connectivity index (χ3n) is 5.05. The second-order valence-electron chi connectivity index (χ2n) is 8.46. The zero-order valence-electron chi connectivity index (χ0n) is 16.9. The van der Waals surface area contributed by atoms with Crippen LogP contribution >= 0.6 is 0 Å². The number of carbonyl (C=O) groups excluding carboxylic acids is 5. The van der Waals surface area contributed by atoms with Gasteiger partial charge in [-0.25, -0.2) is 9.59 Å². The zero-order chi connectivity index (χ0) is 21.3. The summed E-state index contributed by atoms with van der Waals surface area (Å²) >= 11 is 0. The standard InChI is InChI=1S/C18H28N4O6/c1-10-6-17(3,4)9-18(7-10)14(25)22(16(27)21-18)8-12(23)28-11(2)13(24)20-15(26)19-5/h10-11H,6-9H2,1-5H3,(H,21,27)(H2,19,20,24,26)/t10-,11-,18-/m0/s1. The van der Waals surface area contributed by atoms with Gasteiger partial charge in [-0.15, -0.1) is 0 Å². The molecule has 0 unspecified atom stereocenters. The lowest BCUT2D eigenvalue weighted by Gasteiger charge is -2.43. The van der Waals surface area contributed by atoms with Crippen molar-refractivity contribution in [1.82, 2.24) is 20.9 Å². The second-order valence-corrected chi connectivity index (χ2v) is 8.46. The number of hydrogen-bond acceptors (Lipinski definition) is 6. The van der Waals surface area contributed by atoms with Gasteiger partial charge in [0.15, 0.2) is 6.10 Å². The first-order valence-electron chi connectivity index (χ1n) is 9.25. The van der Waals surface area contributed by atoms with Crippen molar-refractivity contribution in [3.63, 3.8) is 0 Å². The maximum Gasteiger partial charge on any atom is 0.327 e. The van der Waals surface area contributed by atoms with Gasteiger partial charge in [0.25, 0.3) is 11.8 Å². The quantitative estimate of drug-likeness (QED) is 0.468. The van der Waals surface area contributed by atoms with Crippen molar-refractivity contribution >= 4 is 29.8 Å². The monoisotopic (exact) mass is 396 g/mol. The van der Waals surface area contributed by atoms with Gasteiger partial charge in [0, 0.05) is 7.05 Å². The Hall–Kier alpha value is -2.65. The Morgan fingerprint density at radius 1 is 1.29 bits per heavy atom. The van der Waals surface area contributed by atoms with Crippen LogP contribution in [0.15, 0.2) is 0 Å². The molecule has 10 nitrogen and oxygen atoms in total. The summed E-state index contributed by atoms with van der Waals surface area (Å²) < 4.78 is 4.95. The molecule has 0 aromatic rings. The number of esters is 1. The van der Waals surface area contributed by atoms with Crippen LogP contribution in [-0.4, -0.2) is 60.0 Å². The highest BCUT2D eigenvalue weighted by Gasteiger charge is 2.56. The molecule has 10 heteroatoms. The Kier molecular flexibility index (Phi) is 6.00. The molecule has 3 N–H and O–H groups in total. The lowest BCUT2D eigenvalue weighted by molar-refractivity contribution is -0.156. The molecule has 0 aromatic carbocycles. The average Bonchev–Trinajstić information content (AvgIpc) is 2.76. The topological polar surface area (TPSA) is 134 Å². The van der Waals surface area contributed by atoms with Crippen LogP contribution in [0.25, 0.3) is 0 Å². The lowest BCUT2D eigenvalue weighted by Crippen LogP contribution is -2.54. The lowest BCUT2D eigenvalue weighted by atomic mass is 9.64. The second kappa shape index (κ2) is 7.76. The first-order valence-corrected chi connectivity index (χ1v) is 9.25. The highest BCUT2D eigenvalue weighted by atomic mass is 16.5. The van der Waals surface area contributed by atoms with Crippen LogP contribution in [0, 0.1) is 11.3 Å². The third-order valence-corrected chi connectivity index (χ3v) is 5.05. The van der Waals surface area contributed by atoms with E-state index in [4.69, 9.17) is 4.74 Å². The Bertz CT molecular complexity index is 706. The molecule has 0 bridgehead atoms. The van der Waals surface area contributed by atoms with Crippen LogP contribution in [0.3, 0.4) is 0 Å². The van der Waals surface area contributed by atoms with Crippen molar-refractivity contribution in [2.45, 2.75) is 58.6 Å². The van der Waals surface area contributed by atoms with Gasteiger partial charge in [-0.1, -0.05) is 20.8 Å². The van der Waals surface area contributed by atoms with Crippen LogP contribution in [0.4, 0.5) is 9.59 Å². The molecule has 0 aromatic heterocycles. The summed E-state index contributed by atoms with van der Waals surface area (Å²) in [6.07, 6.45) is 0.689. The summed E-state index contributed by atoms with van der Waals surface area (Å²) in [6.45, 7) is 6.82. The number of carbonyl (C=O) groups is 5. The van der Waals surface area contributed by atoms with Gasteiger partial charge >= 0.3 is 18.0 Å². The van der Waals surface area contributed by atoms with E-state index in [2.05, 4.69) is 10.6 Å². The minimum atomic E-state index is -1.26. The number of urea groups is 2. The maximum atomic E-state index is 13.0. The maximum absolute atomic E-state index is 13.0. The Labute approximate surface area is 163 Å². The Balaban J connectivity index is 2.01. The third kappa shape index (κ3) is 4.60. The average molecular weight is 396 g/mol. The fourth-order valence-corrected chi connectivity index (χ4v) is 4.34. The molecule has 2 aliphatic rings. The van der Waals surface area contributed by atoms with Crippen LogP contribution in [0.5, 0.6) is 0 Å². The Morgan fingerprint density at radius 3 is 2.50 bits per heavy atom. The predicted octanol–water partition coefficient (Wildman–Crippen LogP) is 0.510. The van der Waals surface area contributed by atoms with Crippen LogP contribution < -0.4 is 16.0 Å². The molecule has 0 radical (unpaired) electrons. The zero-order valence-corrected chi connectivity index (χ0v) is 16.9. The highest BCUT2D eigenvalue weighted by molar-refractivity contribution is 6.09. The molecular weight excluding hydrogens is 368 g/mol. The smallest absolute Gasteiger partial charge is 0.327 e. The molecule has 156 valence electrons. The van der Waals surface area contributed by atoms with E-state index in [0.29, 0.717) is 12.8 Å². The van der Waals surface area contributed by atoms with Crippen LogP contribution in [0.2, 0.25) is 0 Å². The molecule has 1 heterocycles. The molecule has 1 spiro atoms. The number of imide groups is 2. The number of hydrogen-bond donors (Lipinski definition) is 3. The van der Waals surface area contributed by atoms with E-state index in [1.165, 1.54) is 14.0 Å². The van der Waals surface area contributed by atoms with Gasteiger partial charge in [-0.3, -0.25) is 24.6 Å². The van der Waals surface area contributed by atoms with Gasteiger partial charge in [-0.2, -0.15) is 0 Å². The van der Waals surface area contributed by atoms with Crippen molar-refractivity contribution in [2.24, 2.45) is 11.3 Å². The normalized spacial score (nSPS) is 27.2. The van der Waals surface area contributed by atoms with Crippen molar-refractivity contribution in [3.8, 4) is 0 Å². The van der Waals surface area contributed by atoms with E-state index >= 15 is 0 Å². The number of rotatable bonds is 4. The van der Waals surface area contributed by atoms with Crippen molar-refractivity contribution in [2.75, 3.05) is 13.6 Å². The summed E-state index contributed by atoms with van der Waals surface area (Å²) in [6, 6.07) is -1.38. The number of amides is 6. The van der Waals surface area contributed by atoms with E-state index < -0.39 is 48.0 Å². The van der Waals surface area contributed by atoms with E-state index in [1.807, 2.05) is 26.1 Å². The van der Waals surface area contributed by atoms with Crippen molar-refractivity contribution in [1.29, 1.82) is 0 Å². The number of nitrogens with one attached hydrogen (secondary N) is 3. The fraction of sp³-hybridized carbons (Fsp3) is 0.722. The van der Waals surface area contributed by atoms with Gasteiger partial charge in [0.2, 0.25) is 0 Å². The fourth-order valence-electron chi connectivity index (χ4n) is 4.34. The summed E-state index contributed by atoms with van der Waals surface area (Å²) in [5.41, 5.74) is -1.13. The summed E-state index contributed by atoms with van der Waals surface area (Å²) in [5, 5.41) is 6.95. The molecular formula is C18H28N4O6. The van der Waals surface area contributed by atoms with Crippen molar-refractivity contribution in [3.05, 3.63) is 0 Å². The molecule has 1 saturated heterocycles. The van der Waals surface area contributed by atoms with Gasteiger partial charge in [-0.05, 0) is 37.5 Å². The number of nitrogens with zero attached hydrogens (tertiary/aromatic N) is 1. The SMILES string of the molecule is CNC(=O)NC(=O)[C@H](C)OC(=O)CN1C(=O)N[C@]2(C[C@@H](C)CC(C)(C)C2)C1=O. The van der Waals surface area contributed by atoms with Crippen LogP contribution in [0.1, 0.15) is 47.0 Å². The van der Waals surface area contributed by atoms with Gasteiger partial charge in [0.05, 0.1) is 0 Å². The minimum Gasteiger partial charge on any atom is -0.451 e. The highest BCUT2D eigenvalue weighted by Crippen LogP contribution is 2.46. The first-order chi connectivity index (χ1) is 12.9. The Morgan fingerprint density at radius 2 is 1.93 bits per heavy atom. The van der Waals surface area contributed by atoms with Crippen molar-refractivity contribution < 1.29 is 28.7 Å². The summed E-state index contributed by atoms with van der Waals surface area (Å²) in [5.74, 6) is -1.93. The molecule has 28 heavy (non-hydrogen) atoms. The molecule has 3 atom stereocenters. The van der Waals surface area contributed by atoms with E-state index in [1.54, 1.807) is 0 Å². The first kappa shape index (κ1) is 21.6. The molecule has 2 rings (SSSR count). The molecule has 1 aliphatic carbocycles. The minimum absolute atomic E-state index is 0.121. The van der Waals surface area contributed by atoms with Gasteiger partial charge < -0.3 is 15.4 Å². The van der Waals surface area contributed by atoms with E-state index in [-0.39, 0.29) is 11.3 Å². The van der Waals surface area contributed by atoms with Gasteiger partial charge in [0.1, 0.15) is 12.1 Å². The predicted molar refractivity (Wildman–Crippen MR) is 97.9 cm³/mol. The largest absolute Gasteiger partial charge is 0.451 e. The van der Waals surface area contributed by atoms with E-state index in [9.17, 15) is 24.0 Å². The molecule has 2 fully saturated rings. The molecule has 6 amide bonds. The molecule has 1 saturated carbocycles. The van der Waals surface area contributed by atoms with E-state index in [0.717, 1.165) is 11.3 Å². The molecule has 1 aliphatic heterocycles. The number of ether oxygens (including phenoxy) is 1. The van der Waals surface area contributed by atoms with Crippen LogP contribution in [-0.2, 0) is 19.1 Å². The summed E-state index contributed by atoms with van der Waals surface area (Å²) in [7, 11) is 1.33.